The molecule has 132 valence electrons. The van der Waals surface area contributed by atoms with E-state index in [4.69, 9.17) is 9.47 Å². The van der Waals surface area contributed by atoms with Gasteiger partial charge in [0.05, 0.1) is 18.4 Å². The molecule has 25 heavy (non-hydrogen) atoms. The molecule has 4 heterocycles. The van der Waals surface area contributed by atoms with Gasteiger partial charge in [-0.1, -0.05) is 6.07 Å². The Morgan fingerprint density at radius 2 is 2.12 bits per heavy atom. The van der Waals surface area contributed by atoms with Gasteiger partial charge in [0.2, 0.25) is 5.88 Å². The van der Waals surface area contributed by atoms with Gasteiger partial charge in [0.25, 0.3) is 0 Å². The molecule has 2 aliphatic rings. The van der Waals surface area contributed by atoms with Crippen LogP contribution in [0.2, 0.25) is 0 Å². The van der Waals surface area contributed by atoms with Crippen LogP contribution in [0.4, 0.5) is 0 Å². The third-order valence-electron chi connectivity index (χ3n) is 5.06. The van der Waals surface area contributed by atoms with Gasteiger partial charge in [-0.2, -0.15) is 0 Å². The summed E-state index contributed by atoms with van der Waals surface area (Å²) in [5, 5.41) is 0. The predicted octanol–water partition coefficient (Wildman–Crippen LogP) is 2.32. The second-order valence-electron chi connectivity index (χ2n) is 7.08. The van der Waals surface area contributed by atoms with Crippen molar-refractivity contribution < 1.29 is 9.47 Å². The lowest BCUT2D eigenvalue weighted by atomic mass is 9.79. The Labute approximate surface area is 148 Å². The van der Waals surface area contributed by atoms with Crippen LogP contribution < -0.4 is 4.74 Å². The number of pyridine rings is 1. The third-order valence-corrected chi connectivity index (χ3v) is 5.06. The largest absolute Gasteiger partial charge is 0.477 e. The van der Waals surface area contributed by atoms with Crippen molar-refractivity contribution in [2.45, 2.75) is 31.4 Å². The Kier molecular flexibility index (Phi) is 4.90. The molecule has 4 rings (SSSR count). The number of hydrogen-bond donors (Lipinski definition) is 0. The zero-order chi connectivity index (χ0) is 17.0. The Hall–Kier alpha value is -2.05. The summed E-state index contributed by atoms with van der Waals surface area (Å²) < 4.78 is 11.8. The first-order chi connectivity index (χ1) is 12.3. The molecule has 0 unspecified atom stereocenters. The van der Waals surface area contributed by atoms with E-state index in [-0.39, 0.29) is 5.60 Å². The summed E-state index contributed by atoms with van der Waals surface area (Å²) in [6.45, 7) is 4.54. The second-order valence-corrected chi connectivity index (χ2v) is 7.08. The Bertz CT molecular complexity index is 662. The fraction of sp³-hybridized carbons (Fsp3) is 0.526. The Morgan fingerprint density at radius 1 is 1.20 bits per heavy atom. The van der Waals surface area contributed by atoms with E-state index in [9.17, 15) is 0 Å². The average Bonchev–Trinajstić information content (AvgIpc) is 2.63. The summed E-state index contributed by atoms with van der Waals surface area (Å²) in [7, 11) is 0. The maximum absolute atomic E-state index is 6.14. The van der Waals surface area contributed by atoms with Crippen LogP contribution in [0.15, 0.2) is 43.1 Å². The molecule has 0 N–H and O–H groups in total. The van der Waals surface area contributed by atoms with E-state index in [2.05, 4.69) is 25.9 Å². The lowest BCUT2D eigenvalue weighted by Crippen LogP contribution is -2.64. The fourth-order valence-electron chi connectivity index (χ4n) is 3.92. The van der Waals surface area contributed by atoms with Crippen molar-refractivity contribution in [3.05, 3.63) is 48.7 Å². The van der Waals surface area contributed by atoms with Crippen molar-refractivity contribution in [3.63, 3.8) is 0 Å². The highest BCUT2D eigenvalue weighted by molar-refractivity contribution is 5.11. The Balaban J connectivity index is 1.22. The molecule has 6 heteroatoms. The van der Waals surface area contributed by atoms with Gasteiger partial charge in [-0.3, -0.25) is 14.9 Å². The zero-order valence-corrected chi connectivity index (χ0v) is 14.4. The molecule has 6 nitrogen and oxygen atoms in total. The molecular formula is C19H24N4O2. The molecule has 0 radical (unpaired) electrons. The lowest BCUT2D eigenvalue weighted by molar-refractivity contribution is -0.182. The van der Waals surface area contributed by atoms with Crippen molar-refractivity contribution >= 4 is 0 Å². The summed E-state index contributed by atoms with van der Waals surface area (Å²) in [5.74, 6) is 1.27. The van der Waals surface area contributed by atoms with Gasteiger partial charge < -0.3 is 9.47 Å². The van der Waals surface area contributed by atoms with E-state index in [0.29, 0.717) is 18.4 Å². The van der Waals surface area contributed by atoms with E-state index < -0.39 is 0 Å². The molecule has 0 saturated carbocycles. The van der Waals surface area contributed by atoms with Crippen LogP contribution in [0.5, 0.6) is 5.88 Å². The third kappa shape index (κ3) is 4.14. The molecule has 1 spiro atoms. The molecule has 2 aliphatic heterocycles. The molecule has 2 aromatic rings. The first-order valence-corrected chi connectivity index (χ1v) is 8.95. The van der Waals surface area contributed by atoms with E-state index >= 15 is 0 Å². The van der Waals surface area contributed by atoms with Crippen LogP contribution in [-0.2, 0) is 11.3 Å². The van der Waals surface area contributed by atoms with Crippen molar-refractivity contribution in [3.8, 4) is 5.88 Å². The smallest absolute Gasteiger partial charge is 0.232 e. The quantitative estimate of drug-likeness (QED) is 0.804. The maximum atomic E-state index is 6.14. The van der Waals surface area contributed by atoms with Crippen molar-refractivity contribution in [2.24, 2.45) is 5.92 Å². The molecule has 0 aromatic carbocycles. The maximum Gasteiger partial charge on any atom is 0.232 e. The summed E-state index contributed by atoms with van der Waals surface area (Å²) >= 11 is 0. The summed E-state index contributed by atoms with van der Waals surface area (Å²) in [5.41, 5.74) is 1.32. The van der Waals surface area contributed by atoms with Crippen molar-refractivity contribution in [1.29, 1.82) is 0 Å². The Morgan fingerprint density at radius 3 is 2.92 bits per heavy atom. The minimum Gasteiger partial charge on any atom is -0.477 e. The molecule has 0 bridgehead atoms. The number of likely N-dealkylation sites (tertiary alicyclic amines) is 1. The van der Waals surface area contributed by atoms with Crippen LogP contribution in [-0.4, -0.2) is 51.8 Å². The standard InChI is InChI=1S/C19H24N4O2/c1-2-17(11-20-5-1)13-23-14-19(15-23)10-16(4-9-25-19)3-8-24-18-12-21-6-7-22-18/h1-2,5-7,11-12,16H,3-4,8-10,13-15H2/t16-/m0/s1. The average molecular weight is 340 g/mol. The monoisotopic (exact) mass is 340 g/mol. The molecule has 2 saturated heterocycles. The number of hydrogen-bond acceptors (Lipinski definition) is 6. The van der Waals surface area contributed by atoms with E-state index in [0.717, 1.165) is 45.5 Å². The molecule has 2 fully saturated rings. The summed E-state index contributed by atoms with van der Waals surface area (Å²) in [6, 6.07) is 4.13. The van der Waals surface area contributed by atoms with Gasteiger partial charge in [-0.15, -0.1) is 0 Å². The number of aromatic nitrogens is 3. The van der Waals surface area contributed by atoms with Crippen LogP contribution in [0.3, 0.4) is 0 Å². The van der Waals surface area contributed by atoms with Gasteiger partial charge in [-0.05, 0) is 36.8 Å². The van der Waals surface area contributed by atoms with Gasteiger partial charge in [0, 0.05) is 51.0 Å². The van der Waals surface area contributed by atoms with Crippen LogP contribution >= 0.6 is 0 Å². The first kappa shape index (κ1) is 16.4. The van der Waals surface area contributed by atoms with E-state index in [1.165, 1.54) is 5.56 Å². The highest BCUT2D eigenvalue weighted by Gasteiger charge is 2.47. The summed E-state index contributed by atoms with van der Waals surface area (Å²) in [4.78, 5) is 14.8. The van der Waals surface area contributed by atoms with Gasteiger partial charge in [0.15, 0.2) is 0 Å². The van der Waals surface area contributed by atoms with Crippen molar-refractivity contribution in [1.82, 2.24) is 19.9 Å². The van der Waals surface area contributed by atoms with Crippen LogP contribution in [0, 0.1) is 5.92 Å². The van der Waals surface area contributed by atoms with Crippen LogP contribution in [0.25, 0.3) is 0 Å². The SMILES string of the molecule is c1cncc(CN2CC3(C[C@@H](CCOc4cnccn4)CCO3)C2)c1. The molecule has 0 aliphatic carbocycles. The van der Waals surface area contributed by atoms with E-state index in [1.807, 2.05) is 18.5 Å². The highest BCUT2D eigenvalue weighted by atomic mass is 16.5. The van der Waals surface area contributed by atoms with Gasteiger partial charge >= 0.3 is 0 Å². The highest BCUT2D eigenvalue weighted by Crippen LogP contribution is 2.38. The normalized spacial score (nSPS) is 22.5. The lowest BCUT2D eigenvalue weighted by Gasteiger charge is -2.53. The predicted molar refractivity (Wildman–Crippen MR) is 93.1 cm³/mol. The first-order valence-electron chi connectivity index (χ1n) is 8.95. The van der Waals surface area contributed by atoms with Crippen LogP contribution in [0.1, 0.15) is 24.8 Å². The number of rotatable bonds is 6. The zero-order valence-electron chi connectivity index (χ0n) is 14.4. The van der Waals surface area contributed by atoms with E-state index in [1.54, 1.807) is 18.6 Å². The molecule has 2 aromatic heterocycles. The van der Waals surface area contributed by atoms with Crippen molar-refractivity contribution in [2.75, 3.05) is 26.3 Å². The molecular weight excluding hydrogens is 316 g/mol. The van der Waals surface area contributed by atoms with Gasteiger partial charge in [-0.25, -0.2) is 4.98 Å². The number of nitrogens with zero attached hydrogens (tertiary/aromatic N) is 4. The minimum atomic E-state index is 0.0533. The summed E-state index contributed by atoms with van der Waals surface area (Å²) in [6.07, 6.45) is 12.0. The minimum absolute atomic E-state index is 0.0533. The molecule has 0 amide bonds. The fourth-order valence-corrected chi connectivity index (χ4v) is 3.92. The molecule has 1 atom stereocenters. The van der Waals surface area contributed by atoms with Gasteiger partial charge in [0.1, 0.15) is 0 Å². The number of ether oxygens (including phenoxy) is 2. The topological polar surface area (TPSA) is 60.4 Å². The second kappa shape index (κ2) is 7.45.